The Bertz CT molecular complexity index is 657. The highest BCUT2D eigenvalue weighted by Crippen LogP contribution is 2.17. The maximum Gasteiger partial charge on any atom is 0.376 e. The third kappa shape index (κ3) is 3.32. The topological polar surface area (TPSA) is 101 Å². The van der Waals surface area contributed by atoms with Gasteiger partial charge in [0.2, 0.25) is 0 Å². The average molecular weight is 273 g/mol. The Morgan fingerprint density at radius 2 is 2.10 bits per heavy atom. The molecule has 0 saturated heterocycles. The zero-order chi connectivity index (χ0) is 14.5. The van der Waals surface area contributed by atoms with Gasteiger partial charge in [0, 0.05) is 24.4 Å². The average Bonchev–Trinajstić information content (AvgIpc) is 2.88. The molecule has 0 atom stereocenters. The van der Waals surface area contributed by atoms with Crippen molar-refractivity contribution in [3.05, 3.63) is 59.8 Å². The molecule has 102 valence electrons. The molecular weight excluding hydrogens is 262 g/mol. The third-order valence-electron chi connectivity index (χ3n) is 2.51. The molecule has 0 fully saturated rings. The van der Waals surface area contributed by atoms with Crippen LogP contribution in [0.25, 0.3) is 5.76 Å². The van der Waals surface area contributed by atoms with Gasteiger partial charge in [0.15, 0.2) is 0 Å². The van der Waals surface area contributed by atoms with Crippen LogP contribution in [0.2, 0.25) is 0 Å². The predicted molar refractivity (Wildman–Crippen MR) is 69.0 cm³/mol. The van der Waals surface area contributed by atoms with Crippen molar-refractivity contribution in [3.63, 3.8) is 0 Å². The lowest BCUT2D eigenvalue weighted by Crippen LogP contribution is -2.09. The van der Waals surface area contributed by atoms with Crippen LogP contribution in [-0.4, -0.2) is 26.9 Å². The van der Waals surface area contributed by atoms with Gasteiger partial charge < -0.3 is 14.6 Å². The van der Waals surface area contributed by atoms with Crippen LogP contribution < -0.4 is 0 Å². The molecule has 0 aliphatic heterocycles. The lowest BCUT2D eigenvalue weighted by molar-refractivity contribution is -0.146. The van der Waals surface area contributed by atoms with Gasteiger partial charge in [-0.2, -0.15) is 0 Å². The van der Waals surface area contributed by atoms with E-state index in [2.05, 4.69) is 4.98 Å². The van der Waals surface area contributed by atoms with Crippen molar-refractivity contribution >= 4 is 17.5 Å². The number of hydrogen-bond donors (Lipinski definition) is 2. The first-order valence-electron chi connectivity index (χ1n) is 5.72. The van der Waals surface area contributed by atoms with Gasteiger partial charge in [-0.3, -0.25) is 9.78 Å². The maximum absolute atomic E-state index is 10.9. The molecule has 0 bridgehead atoms. The lowest BCUT2D eigenvalue weighted by Gasteiger charge is -1.95. The second kappa shape index (κ2) is 5.83. The molecule has 2 rings (SSSR count). The number of aliphatic carboxylic acids is 1. The molecular formula is C14H11NO5. The van der Waals surface area contributed by atoms with Gasteiger partial charge in [-0.25, -0.2) is 4.79 Å². The van der Waals surface area contributed by atoms with Gasteiger partial charge in [0.1, 0.15) is 17.8 Å². The van der Waals surface area contributed by atoms with Gasteiger partial charge in [-0.05, 0) is 18.2 Å². The van der Waals surface area contributed by atoms with Crippen LogP contribution in [0.15, 0.2) is 47.2 Å². The molecule has 0 aliphatic carbocycles. The molecule has 0 aliphatic rings. The molecule has 0 aromatic carbocycles. The normalized spacial score (nSPS) is 11.3. The van der Waals surface area contributed by atoms with E-state index >= 15 is 0 Å². The van der Waals surface area contributed by atoms with Crippen LogP contribution in [0.3, 0.4) is 0 Å². The minimum absolute atomic E-state index is 0.241. The summed E-state index contributed by atoms with van der Waals surface area (Å²) < 4.78 is 5.23. The Morgan fingerprint density at radius 1 is 1.30 bits per heavy atom. The first-order chi connectivity index (χ1) is 9.56. The molecule has 6 nitrogen and oxygen atoms in total. The second-order valence-electron chi connectivity index (χ2n) is 4.00. The van der Waals surface area contributed by atoms with Crippen LogP contribution in [0.5, 0.6) is 0 Å². The fourth-order valence-corrected chi connectivity index (χ4v) is 1.56. The fourth-order valence-electron chi connectivity index (χ4n) is 1.56. The van der Waals surface area contributed by atoms with Crippen LogP contribution in [0, 0.1) is 0 Å². The van der Waals surface area contributed by atoms with Gasteiger partial charge in [-0.1, -0.05) is 6.07 Å². The number of aliphatic hydroxyl groups is 1. The highest BCUT2D eigenvalue weighted by Gasteiger charge is 2.12. The number of ketones is 1. The zero-order valence-electron chi connectivity index (χ0n) is 10.3. The molecule has 2 N–H and O–H groups in total. The van der Waals surface area contributed by atoms with Crippen LogP contribution in [-0.2, 0) is 16.0 Å². The number of rotatable bonds is 5. The summed E-state index contributed by atoms with van der Waals surface area (Å²) in [6.07, 6.45) is 3.97. The monoisotopic (exact) mass is 273 g/mol. The summed E-state index contributed by atoms with van der Waals surface area (Å²) in [5, 5.41) is 18.1. The number of hydrogen-bond acceptors (Lipinski definition) is 5. The maximum atomic E-state index is 10.9. The Morgan fingerprint density at radius 3 is 2.75 bits per heavy atom. The van der Waals surface area contributed by atoms with Crippen molar-refractivity contribution < 1.29 is 24.2 Å². The molecule has 2 heterocycles. The Hall–Kier alpha value is -2.89. The molecule has 0 amide bonds. The smallest absolute Gasteiger partial charge is 0.376 e. The number of aromatic nitrogens is 1. The van der Waals surface area contributed by atoms with Crippen LogP contribution in [0.4, 0.5) is 0 Å². The summed E-state index contributed by atoms with van der Waals surface area (Å²) in [6, 6.07) is 6.99. The minimum Gasteiger partial charge on any atom is -0.507 e. The van der Waals surface area contributed by atoms with E-state index in [0.29, 0.717) is 18.3 Å². The summed E-state index contributed by atoms with van der Waals surface area (Å²) in [6.45, 7) is 0. The van der Waals surface area contributed by atoms with Crippen LogP contribution in [0.1, 0.15) is 17.0 Å². The lowest BCUT2D eigenvalue weighted by atomic mass is 10.2. The second-order valence-corrected chi connectivity index (χ2v) is 4.00. The summed E-state index contributed by atoms with van der Waals surface area (Å²) in [5.41, 5.74) is 1.03. The van der Waals surface area contributed by atoms with Gasteiger partial charge in [0.25, 0.3) is 5.78 Å². The first-order valence-corrected chi connectivity index (χ1v) is 5.72. The molecule has 0 saturated carbocycles. The van der Waals surface area contributed by atoms with E-state index in [0.717, 1.165) is 5.69 Å². The number of carbonyl (C=O) groups is 2. The number of pyridine rings is 1. The number of furan rings is 1. The van der Waals surface area contributed by atoms with Gasteiger partial charge >= 0.3 is 5.97 Å². The molecule has 0 unspecified atom stereocenters. The molecule has 6 heteroatoms. The zero-order valence-corrected chi connectivity index (χ0v) is 10.3. The van der Waals surface area contributed by atoms with Crippen molar-refractivity contribution in [3.8, 4) is 0 Å². The van der Waals surface area contributed by atoms with E-state index in [9.17, 15) is 14.7 Å². The van der Waals surface area contributed by atoms with Crippen LogP contribution >= 0.6 is 0 Å². The Kier molecular flexibility index (Phi) is 3.95. The number of nitrogens with zero attached hydrogens (tertiary/aromatic N) is 1. The van der Waals surface area contributed by atoms with Crippen molar-refractivity contribution in [2.24, 2.45) is 0 Å². The standard InChI is InChI=1S/C14H11NO5/c16-12(7-13(17)14(18)19)9-5-11(20-8-9)6-10-3-1-2-4-15-10/h1-5,7-8,16H,6H2,(H,18,19). The molecule has 0 spiro atoms. The summed E-state index contributed by atoms with van der Waals surface area (Å²) in [5.74, 6) is -2.74. The van der Waals surface area contributed by atoms with Crippen molar-refractivity contribution in [2.75, 3.05) is 0 Å². The van der Waals surface area contributed by atoms with Crippen molar-refractivity contribution in [1.82, 2.24) is 4.98 Å². The largest absolute Gasteiger partial charge is 0.507 e. The number of carboxylic acid groups (broad SMARTS) is 1. The van der Waals surface area contributed by atoms with Crippen molar-refractivity contribution in [1.29, 1.82) is 0 Å². The van der Waals surface area contributed by atoms with E-state index in [4.69, 9.17) is 9.52 Å². The molecule has 20 heavy (non-hydrogen) atoms. The number of aliphatic hydroxyl groups excluding tert-OH is 1. The Labute approximate surface area is 114 Å². The number of carboxylic acids is 1. The minimum atomic E-state index is -1.63. The summed E-state index contributed by atoms with van der Waals surface area (Å²) >= 11 is 0. The quantitative estimate of drug-likeness (QED) is 0.489. The van der Waals surface area contributed by atoms with Gasteiger partial charge in [-0.15, -0.1) is 0 Å². The number of carbonyl (C=O) groups excluding carboxylic acids is 1. The fraction of sp³-hybridized carbons (Fsp3) is 0.0714. The summed E-state index contributed by atoms with van der Waals surface area (Å²) in [4.78, 5) is 25.5. The van der Waals surface area contributed by atoms with Gasteiger partial charge in [0.05, 0.1) is 5.56 Å². The molecule has 2 aromatic rings. The highest BCUT2D eigenvalue weighted by atomic mass is 16.4. The van der Waals surface area contributed by atoms with E-state index in [-0.39, 0.29) is 5.56 Å². The molecule has 0 radical (unpaired) electrons. The summed E-state index contributed by atoms with van der Waals surface area (Å²) in [7, 11) is 0. The van der Waals surface area contributed by atoms with Crippen molar-refractivity contribution in [2.45, 2.75) is 6.42 Å². The Balaban J connectivity index is 2.13. The SMILES string of the molecule is O=C(O)C(=O)C=C(O)c1coc(Cc2ccccn2)c1. The first kappa shape index (κ1) is 13.5. The highest BCUT2D eigenvalue weighted by molar-refractivity contribution is 6.38. The van der Waals surface area contributed by atoms with E-state index in [1.54, 1.807) is 12.3 Å². The molecule has 2 aromatic heterocycles. The van der Waals surface area contributed by atoms with E-state index in [1.807, 2.05) is 12.1 Å². The van der Waals surface area contributed by atoms with E-state index in [1.165, 1.54) is 12.3 Å². The third-order valence-corrected chi connectivity index (χ3v) is 2.51. The van der Waals surface area contributed by atoms with E-state index < -0.39 is 17.5 Å². The predicted octanol–water partition coefficient (Wildman–Crippen LogP) is 1.82.